The van der Waals surface area contributed by atoms with E-state index in [2.05, 4.69) is 25.7 Å². The molecule has 1 heterocycles. The Morgan fingerprint density at radius 3 is 2.23 bits per heavy atom. The number of amides is 1. The largest absolute Gasteiger partial charge is 0.342 e. The van der Waals surface area contributed by atoms with Crippen LogP contribution in [0.4, 0.5) is 0 Å². The summed E-state index contributed by atoms with van der Waals surface area (Å²) in [5, 5.41) is 0. The highest BCUT2D eigenvalue weighted by molar-refractivity contribution is 5.85. The third-order valence-electron chi connectivity index (χ3n) is 4.35. The van der Waals surface area contributed by atoms with Crippen LogP contribution in [0.25, 0.3) is 0 Å². The van der Waals surface area contributed by atoms with Crippen LogP contribution >= 0.6 is 24.8 Å². The predicted octanol–water partition coefficient (Wildman–Crippen LogP) is 2.93. The molecule has 1 fully saturated rings. The normalized spacial score (nSPS) is 20.7. The molecule has 1 rings (SSSR count). The van der Waals surface area contributed by atoms with Gasteiger partial charge in [-0.15, -0.1) is 24.8 Å². The van der Waals surface area contributed by atoms with Crippen molar-refractivity contribution in [3.05, 3.63) is 0 Å². The first-order valence-electron chi connectivity index (χ1n) is 8.25. The van der Waals surface area contributed by atoms with E-state index in [1.165, 1.54) is 12.8 Å². The lowest BCUT2D eigenvalue weighted by Gasteiger charge is -2.23. The highest BCUT2D eigenvalue weighted by Crippen LogP contribution is 2.28. The van der Waals surface area contributed by atoms with Gasteiger partial charge in [-0.05, 0) is 57.3 Å². The highest BCUT2D eigenvalue weighted by atomic mass is 35.5. The summed E-state index contributed by atoms with van der Waals surface area (Å²) in [6.45, 7) is 12.4. The number of hydrogen-bond acceptors (Lipinski definition) is 3. The van der Waals surface area contributed by atoms with E-state index < -0.39 is 0 Å². The van der Waals surface area contributed by atoms with Crippen molar-refractivity contribution in [1.29, 1.82) is 0 Å². The first kappa shape index (κ1) is 24.2. The van der Waals surface area contributed by atoms with Gasteiger partial charge in [-0.2, -0.15) is 0 Å². The lowest BCUT2D eigenvalue weighted by Crippen LogP contribution is -2.35. The Hall–Kier alpha value is -0.0300. The molecule has 0 aromatic carbocycles. The van der Waals surface area contributed by atoms with E-state index in [0.717, 1.165) is 45.6 Å². The molecule has 0 aromatic heterocycles. The molecule has 1 aliphatic rings. The standard InChI is InChI=1S/C16H33N3O.2ClH/c1-4-9-18(10-5-2)11-6-7-15(20)19-12-8-16(3,13-17)14-19;;/h4-14,17H2,1-3H3;2*1H. The van der Waals surface area contributed by atoms with Gasteiger partial charge in [-0.25, -0.2) is 0 Å². The predicted molar refractivity (Wildman–Crippen MR) is 99.1 cm³/mol. The minimum atomic E-state index is 0. The average Bonchev–Trinajstić information content (AvgIpc) is 2.83. The monoisotopic (exact) mass is 355 g/mol. The van der Waals surface area contributed by atoms with Crippen molar-refractivity contribution in [3.8, 4) is 0 Å². The van der Waals surface area contributed by atoms with Crippen LogP contribution in [0.3, 0.4) is 0 Å². The van der Waals surface area contributed by atoms with Crippen LogP contribution in [0.15, 0.2) is 0 Å². The lowest BCUT2D eigenvalue weighted by atomic mass is 9.90. The smallest absolute Gasteiger partial charge is 0.222 e. The van der Waals surface area contributed by atoms with Crippen molar-refractivity contribution in [2.24, 2.45) is 11.1 Å². The molecule has 0 spiro atoms. The fourth-order valence-corrected chi connectivity index (χ4v) is 2.98. The van der Waals surface area contributed by atoms with Gasteiger partial charge in [-0.1, -0.05) is 20.8 Å². The van der Waals surface area contributed by atoms with E-state index in [1.807, 2.05) is 4.90 Å². The van der Waals surface area contributed by atoms with E-state index in [9.17, 15) is 4.79 Å². The second-order valence-electron chi connectivity index (χ2n) is 6.53. The Balaban J connectivity index is 0. The van der Waals surface area contributed by atoms with Gasteiger partial charge < -0.3 is 15.5 Å². The summed E-state index contributed by atoms with van der Waals surface area (Å²) < 4.78 is 0. The SMILES string of the molecule is CCCN(CCC)CCCC(=O)N1CCC(C)(CN)C1.Cl.Cl. The van der Waals surface area contributed by atoms with Gasteiger partial charge in [0.2, 0.25) is 5.91 Å². The van der Waals surface area contributed by atoms with E-state index in [0.29, 0.717) is 18.9 Å². The van der Waals surface area contributed by atoms with E-state index in [1.54, 1.807) is 0 Å². The molecule has 6 heteroatoms. The molecule has 1 aliphatic heterocycles. The van der Waals surface area contributed by atoms with Crippen molar-refractivity contribution < 1.29 is 4.79 Å². The second kappa shape index (κ2) is 12.4. The molecular weight excluding hydrogens is 321 g/mol. The molecule has 0 aliphatic carbocycles. The van der Waals surface area contributed by atoms with Gasteiger partial charge in [-0.3, -0.25) is 4.79 Å². The first-order valence-corrected chi connectivity index (χ1v) is 8.25. The van der Waals surface area contributed by atoms with Gasteiger partial charge in [0.05, 0.1) is 0 Å². The quantitative estimate of drug-likeness (QED) is 0.691. The number of halogens is 2. The molecule has 22 heavy (non-hydrogen) atoms. The highest BCUT2D eigenvalue weighted by Gasteiger charge is 2.34. The minimum absolute atomic E-state index is 0. The van der Waals surface area contributed by atoms with Crippen LogP contribution in [-0.4, -0.2) is 55.0 Å². The number of likely N-dealkylation sites (tertiary alicyclic amines) is 1. The molecule has 1 amide bonds. The maximum Gasteiger partial charge on any atom is 0.222 e. The summed E-state index contributed by atoms with van der Waals surface area (Å²) in [6, 6.07) is 0. The fraction of sp³-hybridized carbons (Fsp3) is 0.938. The number of hydrogen-bond donors (Lipinski definition) is 1. The zero-order valence-corrected chi connectivity index (χ0v) is 16.1. The van der Waals surface area contributed by atoms with Gasteiger partial charge in [0.1, 0.15) is 0 Å². The molecule has 1 atom stereocenters. The summed E-state index contributed by atoms with van der Waals surface area (Å²) >= 11 is 0. The molecule has 0 saturated carbocycles. The Morgan fingerprint density at radius 1 is 1.18 bits per heavy atom. The van der Waals surface area contributed by atoms with Crippen LogP contribution in [0.5, 0.6) is 0 Å². The molecule has 1 saturated heterocycles. The third-order valence-corrected chi connectivity index (χ3v) is 4.35. The molecule has 2 N–H and O–H groups in total. The zero-order chi connectivity index (χ0) is 15.0. The van der Waals surface area contributed by atoms with Gasteiger partial charge in [0.25, 0.3) is 0 Å². The molecule has 134 valence electrons. The van der Waals surface area contributed by atoms with Crippen LogP contribution < -0.4 is 5.73 Å². The Labute approximate surface area is 149 Å². The third kappa shape index (κ3) is 8.00. The summed E-state index contributed by atoms with van der Waals surface area (Å²) in [7, 11) is 0. The average molecular weight is 356 g/mol. The Bertz CT molecular complexity index is 299. The van der Waals surface area contributed by atoms with Crippen molar-refractivity contribution in [2.75, 3.05) is 39.3 Å². The van der Waals surface area contributed by atoms with Crippen LogP contribution in [0.2, 0.25) is 0 Å². The van der Waals surface area contributed by atoms with Crippen molar-refractivity contribution in [3.63, 3.8) is 0 Å². The summed E-state index contributed by atoms with van der Waals surface area (Å²) in [5.41, 5.74) is 5.94. The number of nitrogens with zero attached hydrogens (tertiary/aromatic N) is 2. The summed E-state index contributed by atoms with van der Waals surface area (Å²) in [5.74, 6) is 0.315. The Kier molecular flexibility index (Phi) is 13.7. The number of rotatable bonds is 9. The summed E-state index contributed by atoms with van der Waals surface area (Å²) in [6.07, 6.45) is 5.09. The Morgan fingerprint density at radius 2 is 1.77 bits per heavy atom. The molecule has 0 radical (unpaired) electrons. The summed E-state index contributed by atoms with van der Waals surface area (Å²) in [4.78, 5) is 16.7. The molecule has 1 unspecified atom stereocenters. The topological polar surface area (TPSA) is 49.6 Å². The van der Waals surface area contributed by atoms with Crippen molar-refractivity contribution in [1.82, 2.24) is 9.80 Å². The maximum absolute atomic E-state index is 12.2. The van der Waals surface area contributed by atoms with Crippen LogP contribution in [0, 0.1) is 5.41 Å². The van der Waals surface area contributed by atoms with Crippen molar-refractivity contribution >= 4 is 30.7 Å². The van der Waals surface area contributed by atoms with Crippen LogP contribution in [-0.2, 0) is 4.79 Å². The maximum atomic E-state index is 12.2. The van der Waals surface area contributed by atoms with Crippen molar-refractivity contribution in [2.45, 2.75) is 52.9 Å². The molecule has 4 nitrogen and oxygen atoms in total. The van der Waals surface area contributed by atoms with Gasteiger partial charge >= 0.3 is 0 Å². The molecular formula is C16H35Cl2N3O. The zero-order valence-electron chi connectivity index (χ0n) is 14.5. The van der Waals surface area contributed by atoms with E-state index >= 15 is 0 Å². The van der Waals surface area contributed by atoms with Gasteiger partial charge in [0.15, 0.2) is 0 Å². The van der Waals surface area contributed by atoms with Gasteiger partial charge in [0, 0.05) is 19.5 Å². The second-order valence-corrected chi connectivity index (χ2v) is 6.53. The fourth-order valence-electron chi connectivity index (χ4n) is 2.98. The van der Waals surface area contributed by atoms with E-state index in [4.69, 9.17) is 5.73 Å². The number of nitrogens with two attached hydrogens (primary N) is 1. The first-order chi connectivity index (χ1) is 9.54. The lowest BCUT2D eigenvalue weighted by molar-refractivity contribution is -0.130. The molecule has 0 bridgehead atoms. The number of carbonyl (C=O) groups excluding carboxylic acids is 1. The van der Waals surface area contributed by atoms with E-state index in [-0.39, 0.29) is 30.2 Å². The molecule has 0 aromatic rings. The van der Waals surface area contributed by atoms with Crippen LogP contribution in [0.1, 0.15) is 52.9 Å². The number of carbonyl (C=O) groups is 1. The minimum Gasteiger partial charge on any atom is -0.342 e.